The molecule has 0 bridgehead atoms. The molecule has 0 aromatic carbocycles. The summed E-state index contributed by atoms with van der Waals surface area (Å²) in [5, 5.41) is 0. The average molecular weight is 207 g/mol. The van der Waals surface area contributed by atoms with Gasteiger partial charge in [-0.2, -0.15) is 0 Å². The Morgan fingerprint density at radius 3 is 2.23 bits per heavy atom. The molecule has 0 saturated carbocycles. The van der Waals surface area contributed by atoms with E-state index in [1.54, 1.807) is 0 Å². The minimum absolute atomic E-state index is 0.282. The van der Waals surface area contributed by atoms with Gasteiger partial charge in [0.25, 0.3) is 0 Å². The van der Waals surface area contributed by atoms with Crippen molar-refractivity contribution in [2.24, 2.45) is 5.41 Å². The van der Waals surface area contributed by atoms with E-state index >= 15 is 0 Å². The molecule has 1 nitrogen and oxygen atoms in total. The maximum atomic E-state index is 5.94. The van der Waals surface area contributed by atoms with Gasteiger partial charge in [0.05, 0.1) is 0 Å². The lowest BCUT2D eigenvalue weighted by Crippen LogP contribution is -2.20. The Morgan fingerprint density at radius 2 is 1.77 bits per heavy atom. The van der Waals surface area contributed by atoms with Crippen LogP contribution < -0.4 is 0 Å². The molecule has 1 atom stereocenters. The van der Waals surface area contributed by atoms with Gasteiger partial charge in [0.1, 0.15) is 0 Å². The van der Waals surface area contributed by atoms with Crippen molar-refractivity contribution in [1.29, 1.82) is 0 Å². The second-order valence-electron chi connectivity index (χ2n) is 4.06. The maximum Gasteiger partial charge on any atom is 0.0471 e. The van der Waals surface area contributed by atoms with E-state index in [9.17, 15) is 0 Å². The second kappa shape index (κ2) is 7.64. The lowest BCUT2D eigenvalue weighted by atomic mass is 9.85. The summed E-state index contributed by atoms with van der Waals surface area (Å²) >= 11 is 5.94. The van der Waals surface area contributed by atoms with Crippen LogP contribution in [-0.4, -0.2) is 19.1 Å². The minimum Gasteiger partial charge on any atom is -0.381 e. The highest BCUT2D eigenvalue weighted by Gasteiger charge is 2.21. The number of hydrogen-bond donors (Lipinski definition) is 0. The van der Waals surface area contributed by atoms with E-state index in [0.717, 1.165) is 31.9 Å². The van der Waals surface area contributed by atoms with Crippen LogP contribution in [0.15, 0.2) is 0 Å². The standard InChI is InChI=1S/C11H23ClO/c1-4-6-11(3,10-12)7-9-13-8-5-2/h4-10H2,1-3H3. The third kappa shape index (κ3) is 6.34. The highest BCUT2D eigenvalue weighted by Crippen LogP contribution is 2.28. The van der Waals surface area contributed by atoms with Crippen molar-refractivity contribution in [2.45, 2.75) is 46.5 Å². The summed E-state index contributed by atoms with van der Waals surface area (Å²) in [6.07, 6.45) is 4.60. The normalized spacial score (nSPS) is 15.7. The lowest BCUT2D eigenvalue weighted by molar-refractivity contribution is 0.102. The fourth-order valence-corrected chi connectivity index (χ4v) is 1.69. The van der Waals surface area contributed by atoms with Crippen molar-refractivity contribution in [1.82, 2.24) is 0 Å². The zero-order valence-electron chi connectivity index (χ0n) is 9.24. The van der Waals surface area contributed by atoms with Gasteiger partial charge < -0.3 is 4.74 Å². The monoisotopic (exact) mass is 206 g/mol. The molecule has 0 aromatic rings. The minimum atomic E-state index is 0.282. The summed E-state index contributed by atoms with van der Waals surface area (Å²) in [5.41, 5.74) is 0.282. The first-order valence-electron chi connectivity index (χ1n) is 5.32. The largest absolute Gasteiger partial charge is 0.381 e. The van der Waals surface area contributed by atoms with Crippen LogP contribution in [0.25, 0.3) is 0 Å². The maximum absolute atomic E-state index is 5.94. The number of alkyl halides is 1. The van der Waals surface area contributed by atoms with E-state index < -0.39 is 0 Å². The predicted octanol–water partition coefficient (Wildman–Crippen LogP) is 3.85. The van der Waals surface area contributed by atoms with Gasteiger partial charge in [-0.3, -0.25) is 0 Å². The second-order valence-corrected chi connectivity index (χ2v) is 4.32. The molecule has 13 heavy (non-hydrogen) atoms. The smallest absolute Gasteiger partial charge is 0.0471 e. The highest BCUT2D eigenvalue weighted by atomic mass is 35.5. The number of hydrogen-bond acceptors (Lipinski definition) is 1. The van der Waals surface area contributed by atoms with Crippen LogP contribution in [0.3, 0.4) is 0 Å². The Labute approximate surface area is 87.8 Å². The third-order valence-electron chi connectivity index (χ3n) is 2.37. The van der Waals surface area contributed by atoms with Crippen LogP contribution in [0.1, 0.15) is 46.5 Å². The van der Waals surface area contributed by atoms with E-state index in [1.165, 1.54) is 12.8 Å². The number of halogens is 1. The van der Waals surface area contributed by atoms with Crippen LogP contribution in [0.2, 0.25) is 0 Å². The Morgan fingerprint density at radius 1 is 1.08 bits per heavy atom. The summed E-state index contributed by atoms with van der Waals surface area (Å²) in [4.78, 5) is 0. The Balaban J connectivity index is 3.57. The molecule has 0 spiro atoms. The summed E-state index contributed by atoms with van der Waals surface area (Å²) in [6.45, 7) is 8.32. The fourth-order valence-electron chi connectivity index (χ4n) is 1.43. The van der Waals surface area contributed by atoms with Crippen molar-refractivity contribution in [2.75, 3.05) is 19.1 Å². The lowest BCUT2D eigenvalue weighted by Gasteiger charge is -2.26. The number of rotatable bonds is 8. The van der Waals surface area contributed by atoms with Gasteiger partial charge in [-0.1, -0.05) is 27.2 Å². The van der Waals surface area contributed by atoms with Crippen LogP contribution in [0.5, 0.6) is 0 Å². The molecule has 0 aliphatic rings. The van der Waals surface area contributed by atoms with Gasteiger partial charge in [0.15, 0.2) is 0 Å². The summed E-state index contributed by atoms with van der Waals surface area (Å²) < 4.78 is 5.47. The molecule has 0 fully saturated rings. The quantitative estimate of drug-likeness (QED) is 0.433. The van der Waals surface area contributed by atoms with E-state index in [0.29, 0.717) is 0 Å². The van der Waals surface area contributed by atoms with Crippen molar-refractivity contribution in [3.05, 3.63) is 0 Å². The summed E-state index contributed by atoms with van der Waals surface area (Å²) in [5.74, 6) is 0.746. The van der Waals surface area contributed by atoms with Crippen molar-refractivity contribution >= 4 is 11.6 Å². The van der Waals surface area contributed by atoms with E-state index in [2.05, 4.69) is 20.8 Å². The van der Waals surface area contributed by atoms with Crippen LogP contribution in [-0.2, 0) is 4.74 Å². The first kappa shape index (κ1) is 13.2. The SMILES string of the molecule is CCCOCCC(C)(CCl)CCC. The molecule has 0 rings (SSSR count). The van der Waals surface area contributed by atoms with Crippen LogP contribution in [0, 0.1) is 5.41 Å². The molecule has 0 amide bonds. The fraction of sp³-hybridized carbons (Fsp3) is 1.00. The van der Waals surface area contributed by atoms with E-state index in [4.69, 9.17) is 16.3 Å². The van der Waals surface area contributed by atoms with Gasteiger partial charge >= 0.3 is 0 Å². The van der Waals surface area contributed by atoms with Gasteiger partial charge in [-0.15, -0.1) is 11.6 Å². The predicted molar refractivity (Wildman–Crippen MR) is 59.5 cm³/mol. The average Bonchev–Trinajstić information content (AvgIpc) is 2.13. The molecular formula is C11H23ClO. The van der Waals surface area contributed by atoms with Crippen molar-refractivity contribution < 1.29 is 4.74 Å². The van der Waals surface area contributed by atoms with Gasteiger partial charge in [0, 0.05) is 19.1 Å². The van der Waals surface area contributed by atoms with Gasteiger partial charge in [0.2, 0.25) is 0 Å². The molecule has 0 aromatic heterocycles. The first-order chi connectivity index (χ1) is 6.18. The topological polar surface area (TPSA) is 9.23 Å². The van der Waals surface area contributed by atoms with Crippen LogP contribution in [0.4, 0.5) is 0 Å². The molecular weight excluding hydrogens is 184 g/mol. The highest BCUT2D eigenvalue weighted by molar-refractivity contribution is 6.18. The summed E-state index contributed by atoms with van der Waals surface area (Å²) in [6, 6.07) is 0. The van der Waals surface area contributed by atoms with Crippen LogP contribution >= 0.6 is 11.6 Å². The van der Waals surface area contributed by atoms with E-state index in [1.807, 2.05) is 0 Å². The van der Waals surface area contributed by atoms with Gasteiger partial charge in [-0.05, 0) is 24.7 Å². The third-order valence-corrected chi connectivity index (χ3v) is 3.02. The molecule has 0 aliphatic heterocycles. The van der Waals surface area contributed by atoms with E-state index in [-0.39, 0.29) is 5.41 Å². The molecule has 80 valence electrons. The van der Waals surface area contributed by atoms with Gasteiger partial charge in [-0.25, -0.2) is 0 Å². The zero-order valence-corrected chi connectivity index (χ0v) is 9.99. The molecule has 0 saturated heterocycles. The Hall–Kier alpha value is 0.250. The molecule has 2 heteroatoms. The van der Waals surface area contributed by atoms with Crippen molar-refractivity contribution in [3.8, 4) is 0 Å². The molecule has 0 heterocycles. The first-order valence-corrected chi connectivity index (χ1v) is 5.85. The molecule has 0 aliphatic carbocycles. The summed E-state index contributed by atoms with van der Waals surface area (Å²) in [7, 11) is 0. The molecule has 0 N–H and O–H groups in total. The molecule has 0 radical (unpaired) electrons. The molecule has 1 unspecified atom stereocenters. The number of ether oxygens (including phenoxy) is 1. The zero-order chi connectivity index (χ0) is 10.2. The van der Waals surface area contributed by atoms with Crippen molar-refractivity contribution in [3.63, 3.8) is 0 Å². The Bertz CT molecular complexity index is 117. The Kier molecular flexibility index (Phi) is 7.78.